The summed E-state index contributed by atoms with van der Waals surface area (Å²) in [5.74, 6) is -12.3. The number of hydrogen-bond acceptors (Lipinski definition) is 21. The van der Waals surface area contributed by atoms with Crippen LogP contribution in [0.2, 0.25) is 0 Å². The van der Waals surface area contributed by atoms with Gasteiger partial charge in [0.1, 0.15) is 65.6 Å². The lowest BCUT2D eigenvalue weighted by Crippen LogP contribution is -2.81. The van der Waals surface area contributed by atoms with Crippen LogP contribution in [0.3, 0.4) is 0 Å². The fourth-order valence-corrected chi connectivity index (χ4v) is 13.4. The van der Waals surface area contributed by atoms with Crippen molar-refractivity contribution in [2.75, 3.05) is 13.2 Å². The van der Waals surface area contributed by atoms with Crippen LogP contribution in [-0.4, -0.2) is 171 Å². The molecule has 14 atom stereocenters. The molecule has 0 aromatic heterocycles. The Morgan fingerprint density at radius 3 is 2.01 bits per heavy atom. The summed E-state index contributed by atoms with van der Waals surface area (Å²) in [5, 5.41) is 51.0. The molecule has 7 amide bonds. The van der Waals surface area contributed by atoms with Crippen molar-refractivity contribution in [2.45, 2.75) is 198 Å². The van der Waals surface area contributed by atoms with Crippen LogP contribution in [0.1, 0.15) is 148 Å². The van der Waals surface area contributed by atoms with E-state index in [9.17, 15) is 67.7 Å². The number of Topliss-reactive ketones (excluding diaryl/α,β-unsaturated/α-hetero) is 1. The number of carbonyl (C=O) groups excluding carboxylic acids is 12. The van der Waals surface area contributed by atoms with Crippen molar-refractivity contribution in [1.82, 2.24) is 26.6 Å². The van der Waals surface area contributed by atoms with Crippen molar-refractivity contribution < 1.29 is 106 Å². The molecule has 2 bridgehead atoms. The minimum absolute atomic E-state index is 0.00408. The van der Waals surface area contributed by atoms with E-state index in [1.54, 1.807) is 57.2 Å². The molecule has 1 heterocycles. The van der Waals surface area contributed by atoms with Gasteiger partial charge in [-0.25, -0.2) is 18.8 Å². The molecule has 2 unspecified atom stereocenters. The van der Waals surface area contributed by atoms with Crippen molar-refractivity contribution >= 4 is 77.3 Å². The van der Waals surface area contributed by atoms with Gasteiger partial charge in [0, 0.05) is 50.6 Å². The number of rotatable bonds is 28. The number of amides is 7. The predicted molar refractivity (Wildman–Crippen MR) is 348 cm³/mol. The van der Waals surface area contributed by atoms with Gasteiger partial charge in [-0.05, 0) is 120 Å². The number of aliphatic hydroxyl groups is 3. The molecule has 7 rings (SSSR count). The SMILES string of the molecule is CC(=O)O[C@@]12CO[C@@H]1C[C@H](O)[C@@]1(C)C(=O)[C@H](O)C3=C(C)[C@@H](OC(=O)[C@H](OC(=O)CCC(=O)NCCCCC(NC(=O)CC[C@H](NC(=O)C(C)NC(=O)/C=C/c4ccc(F)cc4)C(N)=O)C(N)=O)[C@@H](NC(=O)OC(C)(C)C)c4ccccc4)C[C@@](O)([C@@H](OC(=O)c4ccccc4)[C@H]21)C3(C)C. The highest BCUT2D eigenvalue weighted by Gasteiger charge is 2.78. The number of primary amides is 2. The van der Waals surface area contributed by atoms with Gasteiger partial charge in [-0.3, -0.25) is 43.2 Å². The summed E-state index contributed by atoms with van der Waals surface area (Å²) in [7, 11) is 0. The molecule has 0 spiro atoms. The Labute approximate surface area is 571 Å². The van der Waals surface area contributed by atoms with Gasteiger partial charge in [0.15, 0.2) is 11.4 Å². The molecule has 2 saturated carbocycles. The number of ketones is 1. The topological polar surface area (TPSA) is 433 Å². The molecule has 1 saturated heterocycles. The number of carbonyl (C=O) groups is 12. The molecular formula is C70H88FN7O21. The van der Waals surface area contributed by atoms with Crippen LogP contribution in [0.5, 0.6) is 0 Å². The zero-order chi connectivity index (χ0) is 73.1. The van der Waals surface area contributed by atoms with Crippen molar-refractivity contribution in [3.05, 3.63) is 125 Å². The third-order valence-electron chi connectivity index (χ3n) is 18.6. The van der Waals surface area contributed by atoms with Crippen molar-refractivity contribution in [3.8, 4) is 0 Å². The molecule has 4 aliphatic rings. The Morgan fingerprint density at radius 1 is 0.788 bits per heavy atom. The molecule has 1 aliphatic heterocycles. The summed E-state index contributed by atoms with van der Waals surface area (Å²) in [5.41, 5.74) is 2.17. The van der Waals surface area contributed by atoms with Crippen LogP contribution in [0.15, 0.2) is 102 Å². The van der Waals surface area contributed by atoms with Gasteiger partial charge in [-0.2, -0.15) is 0 Å². The van der Waals surface area contributed by atoms with E-state index in [0.717, 1.165) is 13.0 Å². The molecule has 3 aromatic rings. The van der Waals surface area contributed by atoms with Crippen LogP contribution in [0, 0.1) is 22.6 Å². The molecule has 536 valence electrons. The lowest BCUT2D eigenvalue weighted by atomic mass is 9.44. The number of nitrogens with one attached hydrogen (secondary N) is 5. The van der Waals surface area contributed by atoms with E-state index in [1.807, 2.05) is 0 Å². The maximum atomic E-state index is 15.4. The maximum Gasteiger partial charge on any atom is 0.408 e. The molecule has 28 nitrogen and oxygen atoms in total. The summed E-state index contributed by atoms with van der Waals surface area (Å²) < 4.78 is 49.4. The van der Waals surface area contributed by atoms with E-state index in [1.165, 1.54) is 89.2 Å². The zero-order valence-corrected chi connectivity index (χ0v) is 56.6. The lowest BCUT2D eigenvalue weighted by molar-refractivity contribution is -0.346. The van der Waals surface area contributed by atoms with E-state index < -0.39 is 197 Å². The highest BCUT2D eigenvalue weighted by Crippen LogP contribution is 2.64. The zero-order valence-electron chi connectivity index (χ0n) is 56.6. The molecule has 12 N–H and O–H groups in total. The lowest BCUT2D eigenvalue weighted by Gasteiger charge is -2.67. The first-order valence-corrected chi connectivity index (χ1v) is 32.5. The largest absolute Gasteiger partial charge is 0.455 e. The van der Waals surface area contributed by atoms with Crippen LogP contribution in [-0.2, 0) is 76.4 Å². The highest BCUT2D eigenvalue weighted by molar-refractivity contribution is 5.97. The number of benzene rings is 3. The third kappa shape index (κ3) is 18.1. The van der Waals surface area contributed by atoms with E-state index in [0.29, 0.717) is 5.56 Å². The second-order valence-electron chi connectivity index (χ2n) is 27.0. The van der Waals surface area contributed by atoms with E-state index in [2.05, 4.69) is 26.6 Å². The van der Waals surface area contributed by atoms with Crippen LogP contribution < -0.4 is 38.1 Å². The standard InChI is InChI=1S/C70H88FN7O21/c1-37-46(35-70(93)59(97-63(90)42-20-14-11-15-21-42)57-68(9,58(86)55(85)53(37)67(70,7)8)47(80)34-48-69(57,36-94-48)98-39(3)79)95-64(91)56(54(41-18-12-10-13-19-41)78-65(92)99-66(4,5)6)96-52(84)32-31-49(81)74-33-17-16-22-44(60(72)87)76-51(83)30-28-45(61(73)88)77-62(89)38(2)75-50(82)29-25-40-23-26-43(71)27-24-40/h10-15,18-21,23-27,29,38,44-48,54-57,59,80,85,93H,16-17,22,28,30-36H2,1-9H3,(H2,72,87)(H2,73,88)(H,74,81)(H,75,82)(H,76,83)(H,77,89)(H,78,92)/b29-25+/t38?,44?,45-,46-,47-,48+,54-,55+,56+,57-,59-,68+,69-,70+/m0/s1. The second-order valence-corrected chi connectivity index (χ2v) is 27.0. The number of nitrogens with two attached hydrogens (primary N) is 2. The molecule has 99 heavy (non-hydrogen) atoms. The summed E-state index contributed by atoms with van der Waals surface area (Å²) in [4.78, 5) is 162. The molecule has 29 heteroatoms. The first-order valence-electron chi connectivity index (χ1n) is 32.5. The highest BCUT2D eigenvalue weighted by atomic mass is 19.1. The minimum Gasteiger partial charge on any atom is -0.455 e. The Morgan fingerprint density at radius 2 is 1.41 bits per heavy atom. The van der Waals surface area contributed by atoms with E-state index in [4.69, 9.17) is 39.9 Å². The van der Waals surface area contributed by atoms with Gasteiger partial charge in [0.2, 0.25) is 41.5 Å². The predicted octanol–water partition coefficient (Wildman–Crippen LogP) is 2.95. The monoisotopic (exact) mass is 1380 g/mol. The number of fused-ring (bicyclic) bond motifs is 5. The Hall–Kier alpha value is -9.45. The number of esters is 4. The summed E-state index contributed by atoms with van der Waals surface area (Å²) in [6.07, 6.45) is -11.7. The minimum atomic E-state index is -2.54. The van der Waals surface area contributed by atoms with Crippen molar-refractivity contribution in [1.29, 1.82) is 0 Å². The smallest absolute Gasteiger partial charge is 0.408 e. The van der Waals surface area contributed by atoms with Crippen molar-refractivity contribution in [2.24, 2.45) is 28.2 Å². The molecule has 3 aromatic carbocycles. The van der Waals surface area contributed by atoms with E-state index in [-0.39, 0.29) is 67.5 Å². The first kappa shape index (κ1) is 76.9. The Bertz CT molecular complexity index is 3600. The average Bonchev–Trinajstić information content (AvgIpc) is 0.671. The quantitative estimate of drug-likeness (QED) is 0.0164. The molecule has 3 aliphatic carbocycles. The van der Waals surface area contributed by atoms with Crippen LogP contribution in [0.4, 0.5) is 9.18 Å². The summed E-state index contributed by atoms with van der Waals surface area (Å²) in [6.45, 7) is 12.5. The van der Waals surface area contributed by atoms with Gasteiger partial charge in [0.05, 0.1) is 36.0 Å². The van der Waals surface area contributed by atoms with Crippen LogP contribution in [0.25, 0.3) is 6.08 Å². The van der Waals surface area contributed by atoms with E-state index >= 15 is 9.59 Å². The number of hydrogen-bond donors (Lipinski definition) is 10. The first-order chi connectivity index (χ1) is 46.4. The molecular weight excluding hydrogens is 1290 g/mol. The number of ether oxygens (including phenoxy) is 6. The number of alkyl carbamates (subject to hydrolysis) is 1. The second kappa shape index (κ2) is 32.0. The molecule has 3 fully saturated rings. The Balaban J connectivity index is 1.04. The maximum absolute atomic E-state index is 15.4. The Kier molecular flexibility index (Phi) is 24.9. The fraction of sp³-hybridized carbons (Fsp3) is 0.514. The average molecular weight is 1380 g/mol. The van der Waals surface area contributed by atoms with Gasteiger partial charge >= 0.3 is 30.0 Å². The molecule has 0 radical (unpaired) electrons. The van der Waals surface area contributed by atoms with Gasteiger partial charge in [-0.15, -0.1) is 0 Å². The normalized spacial score (nSPS) is 25.2. The number of aliphatic hydroxyl groups excluding tert-OH is 2. The number of unbranched alkanes of at least 4 members (excludes halogenated alkanes) is 1. The fourth-order valence-electron chi connectivity index (χ4n) is 13.4. The van der Waals surface area contributed by atoms with Crippen LogP contribution >= 0.6 is 0 Å². The summed E-state index contributed by atoms with van der Waals surface area (Å²) in [6, 6.07) is 15.3. The summed E-state index contributed by atoms with van der Waals surface area (Å²) >= 11 is 0. The van der Waals surface area contributed by atoms with Gasteiger partial charge < -0.3 is 81.8 Å². The van der Waals surface area contributed by atoms with Gasteiger partial charge in [-0.1, -0.05) is 74.5 Å². The number of halogens is 1. The van der Waals surface area contributed by atoms with Crippen molar-refractivity contribution in [3.63, 3.8) is 0 Å². The third-order valence-corrected chi connectivity index (χ3v) is 18.6. The van der Waals surface area contributed by atoms with Gasteiger partial charge in [0.25, 0.3) is 0 Å².